The molecule has 2 N–H and O–H groups in total. The Labute approximate surface area is 194 Å². The molecule has 3 aliphatic heterocycles. The number of hydrogen-bond acceptors (Lipinski definition) is 10. The monoisotopic (exact) mass is 469 g/mol. The Morgan fingerprint density at radius 2 is 1.71 bits per heavy atom. The van der Waals surface area contributed by atoms with Crippen LogP contribution in [0.25, 0.3) is 0 Å². The molecule has 3 heterocycles. The van der Waals surface area contributed by atoms with E-state index in [2.05, 4.69) is 4.90 Å². The highest BCUT2D eigenvalue weighted by atomic mass is 16.7. The molecule has 0 saturated carbocycles. The van der Waals surface area contributed by atoms with Gasteiger partial charge in [0.1, 0.15) is 11.8 Å². The Bertz CT molecular complexity index is 1130. The molecule has 0 amide bonds. The standard InChI is InChI=1S/C23H23N3O8/c27-19-20(28)22(29)34-21(19)18-13-32-23(33-18)14-6-7-16(17(12-14)26(30)31)25-10-8-24(9-11-25)15-4-2-1-3-5-15/h1-7,12,18,21,23,27-28H,8-11,13H2. The van der Waals surface area contributed by atoms with E-state index in [1.807, 2.05) is 35.2 Å². The van der Waals surface area contributed by atoms with Crippen LogP contribution < -0.4 is 9.80 Å². The molecule has 0 aliphatic carbocycles. The first-order valence-corrected chi connectivity index (χ1v) is 10.9. The van der Waals surface area contributed by atoms with Crippen LogP contribution in [-0.2, 0) is 19.0 Å². The van der Waals surface area contributed by atoms with Gasteiger partial charge >= 0.3 is 5.97 Å². The van der Waals surface area contributed by atoms with E-state index in [0.717, 1.165) is 18.8 Å². The number of nitro groups is 1. The summed E-state index contributed by atoms with van der Waals surface area (Å²) in [6.45, 7) is 2.72. The van der Waals surface area contributed by atoms with Crippen molar-refractivity contribution < 1.29 is 34.1 Å². The molecule has 11 nitrogen and oxygen atoms in total. The Morgan fingerprint density at radius 3 is 2.35 bits per heavy atom. The van der Waals surface area contributed by atoms with Gasteiger partial charge < -0.3 is 34.2 Å². The highest BCUT2D eigenvalue weighted by molar-refractivity contribution is 5.89. The zero-order chi connectivity index (χ0) is 23.8. The second kappa shape index (κ2) is 8.84. The average Bonchev–Trinajstić information content (AvgIpc) is 3.45. The first-order chi connectivity index (χ1) is 16.4. The first-order valence-electron chi connectivity index (χ1n) is 10.9. The quantitative estimate of drug-likeness (QED) is 0.382. The Morgan fingerprint density at radius 1 is 1.00 bits per heavy atom. The van der Waals surface area contributed by atoms with Gasteiger partial charge in [-0.15, -0.1) is 0 Å². The van der Waals surface area contributed by atoms with Gasteiger partial charge in [0, 0.05) is 43.5 Å². The van der Waals surface area contributed by atoms with Crippen molar-refractivity contribution in [3.8, 4) is 0 Å². The zero-order valence-electron chi connectivity index (χ0n) is 18.1. The number of aliphatic hydroxyl groups excluding tert-OH is 2. The highest BCUT2D eigenvalue weighted by Gasteiger charge is 2.45. The topological polar surface area (TPSA) is 135 Å². The van der Waals surface area contributed by atoms with E-state index in [1.165, 1.54) is 6.07 Å². The summed E-state index contributed by atoms with van der Waals surface area (Å²) in [6.07, 6.45) is -2.99. The van der Waals surface area contributed by atoms with Crippen LogP contribution in [0.3, 0.4) is 0 Å². The fourth-order valence-electron chi connectivity index (χ4n) is 4.42. The number of cyclic esters (lactones) is 1. The van der Waals surface area contributed by atoms with Crippen molar-refractivity contribution in [3.63, 3.8) is 0 Å². The Balaban J connectivity index is 1.29. The molecule has 3 atom stereocenters. The number of piperazine rings is 1. The normalized spacial score (nSPS) is 25.1. The van der Waals surface area contributed by atoms with Crippen LogP contribution >= 0.6 is 0 Å². The summed E-state index contributed by atoms with van der Waals surface area (Å²) in [5.74, 6) is -2.51. The lowest BCUT2D eigenvalue weighted by Crippen LogP contribution is -2.46. The van der Waals surface area contributed by atoms with Gasteiger partial charge in [0.2, 0.25) is 5.76 Å². The molecular weight excluding hydrogens is 446 g/mol. The van der Waals surface area contributed by atoms with E-state index in [4.69, 9.17) is 14.2 Å². The molecule has 11 heteroatoms. The Kier molecular flexibility index (Phi) is 5.72. The maximum atomic E-state index is 11.9. The predicted octanol–water partition coefficient (Wildman–Crippen LogP) is 2.59. The molecule has 2 fully saturated rings. The van der Waals surface area contributed by atoms with E-state index in [-0.39, 0.29) is 12.3 Å². The summed E-state index contributed by atoms with van der Waals surface area (Å²) in [6, 6.07) is 14.8. The number of esters is 1. The molecule has 34 heavy (non-hydrogen) atoms. The largest absolute Gasteiger partial charge is 0.505 e. The number of nitro benzene ring substituents is 1. The van der Waals surface area contributed by atoms with E-state index in [1.54, 1.807) is 12.1 Å². The average molecular weight is 469 g/mol. The zero-order valence-corrected chi connectivity index (χ0v) is 18.1. The van der Waals surface area contributed by atoms with Gasteiger partial charge in [-0.05, 0) is 18.2 Å². The van der Waals surface area contributed by atoms with Crippen molar-refractivity contribution in [2.45, 2.75) is 18.5 Å². The number of aliphatic hydroxyl groups is 2. The molecule has 5 rings (SSSR count). The molecule has 3 unspecified atom stereocenters. The van der Waals surface area contributed by atoms with Crippen LogP contribution in [0.2, 0.25) is 0 Å². The van der Waals surface area contributed by atoms with Crippen molar-refractivity contribution in [1.82, 2.24) is 0 Å². The summed E-state index contributed by atoms with van der Waals surface area (Å²) in [7, 11) is 0. The van der Waals surface area contributed by atoms with Gasteiger partial charge in [-0.2, -0.15) is 0 Å². The fraction of sp³-hybridized carbons (Fsp3) is 0.348. The van der Waals surface area contributed by atoms with Crippen LogP contribution in [0.15, 0.2) is 60.0 Å². The number of nitrogens with zero attached hydrogens (tertiary/aromatic N) is 3. The SMILES string of the molecule is O=C1OC(C2COC(c3ccc(N4CCN(c5ccccc5)CC4)c([N+](=O)[O-])c3)O2)C(O)=C1O. The van der Waals surface area contributed by atoms with Crippen LogP contribution in [0.1, 0.15) is 11.9 Å². The molecule has 0 spiro atoms. The van der Waals surface area contributed by atoms with Crippen LogP contribution in [0.5, 0.6) is 0 Å². The second-order valence-corrected chi connectivity index (χ2v) is 8.21. The maximum Gasteiger partial charge on any atom is 0.377 e. The number of benzene rings is 2. The molecule has 0 aromatic heterocycles. The van der Waals surface area contributed by atoms with Crippen molar-refractivity contribution in [3.05, 3.63) is 75.7 Å². The number of hydrogen-bond donors (Lipinski definition) is 2. The maximum absolute atomic E-state index is 11.9. The van der Waals surface area contributed by atoms with Crippen molar-refractivity contribution in [2.75, 3.05) is 42.6 Å². The molecule has 2 aromatic carbocycles. The summed E-state index contributed by atoms with van der Waals surface area (Å²) in [4.78, 5) is 27.1. The second-order valence-electron chi connectivity index (χ2n) is 8.21. The smallest absolute Gasteiger partial charge is 0.377 e. The predicted molar refractivity (Wildman–Crippen MR) is 120 cm³/mol. The van der Waals surface area contributed by atoms with E-state index >= 15 is 0 Å². The highest BCUT2D eigenvalue weighted by Crippen LogP contribution is 2.37. The number of rotatable bonds is 5. The van der Waals surface area contributed by atoms with Crippen molar-refractivity contribution in [2.24, 2.45) is 0 Å². The number of para-hydroxylation sites is 1. The van der Waals surface area contributed by atoms with Gasteiger partial charge in [-0.1, -0.05) is 24.3 Å². The van der Waals surface area contributed by atoms with Crippen molar-refractivity contribution in [1.29, 1.82) is 0 Å². The molecule has 3 aliphatic rings. The molecule has 2 saturated heterocycles. The first kappa shape index (κ1) is 22.0. The number of anilines is 2. The van der Waals surface area contributed by atoms with Gasteiger partial charge in [-0.25, -0.2) is 4.79 Å². The summed E-state index contributed by atoms with van der Waals surface area (Å²) < 4.78 is 16.2. The van der Waals surface area contributed by atoms with E-state index in [9.17, 15) is 25.1 Å². The lowest BCUT2D eigenvalue weighted by molar-refractivity contribution is -0.384. The molecular formula is C23H23N3O8. The summed E-state index contributed by atoms with van der Waals surface area (Å²) in [5.41, 5.74) is 2.01. The van der Waals surface area contributed by atoms with Gasteiger partial charge in [-0.3, -0.25) is 10.1 Å². The van der Waals surface area contributed by atoms with Gasteiger partial charge in [0.25, 0.3) is 5.69 Å². The molecule has 0 bridgehead atoms. The van der Waals surface area contributed by atoms with Crippen molar-refractivity contribution >= 4 is 23.0 Å². The van der Waals surface area contributed by atoms with E-state index < -0.39 is 40.9 Å². The van der Waals surface area contributed by atoms with E-state index in [0.29, 0.717) is 24.3 Å². The third-order valence-electron chi connectivity index (χ3n) is 6.20. The number of carbonyl (C=O) groups is 1. The van der Waals surface area contributed by atoms with Crippen LogP contribution in [-0.4, -0.2) is 66.1 Å². The molecule has 0 radical (unpaired) electrons. The Hall–Kier alpha value is -3.83. The van der Waals surface area contributed by atoms with Gasteiger partial charge in [0.05, 0.1) is 11.5 Å². The minimum Gasteiger partial charge on any atom is -0.505 e. The fourth-order valence-corrected chi connectivity index (χ4v) is 4.42. The summed E-state index contributed by atoms with van der Waals surface area (Å²) in [5, 5.41) is 31.2. The lowest BCUT2D eigenvalue weighted by atomic mass is 10.1. The van der Waals surface area contributed by atoms with Gasteiger partial charge in [0.15, 0.2) is 18.2 Å². The number of carbonyl (C=O) groups excluding carboxylic acids is 1. The minimum atomic E-state index is -1.19. The third kappa shape index (κ3) is 3.99. The molecule has 2 aromatic rings. The molecule has 178 valence electrons. The number of ether oxygens (including phenoxy) is 3. The third-order valence-corrected chi connectivity index (χ3v) is 6.20. The van der Waals surface area contributed by atoms with Crippen LogP contribution in [0, 0.1) is 10.1 Å². The van der Waals surface area contributed by atoms with Crippen LogP contribution in [0.4, 0.5) is 17.1 Å². The lowest BCUT2D eigenvalue weighted by Gasteiger charge is -2.37. The summed E-state index contributed by atoms with van der Waals surface area (Å²) >= 11 is 0. The minimum absolute atomic E-state index is 0.0308.